The molecule has 0 unspecified atom stereocenters. The molecule has 0 saturated heterocycles. The summed E-state index contributed by atoms with van der Waals surface area (Å²) in [6.45, 7) is 21.1. The van der Waals surface area contributed by atoms with Gasteiger partial charge in [-0.25, -0.2) is 4.98 Å². The number of hydrogen-bond donors (Lipinski definition) is 0. The first kappa shape index (κ1) is 42.8. The smallest absolute Gasteiger partial charge is 0.137 e. The maximum Gasteiger partial charge on any atom is 0.137 e. The summed E-state index contributed by atoms with van der Waals surface area (Å²) in [5.41, 5.74) is 15.3. The van der Waals surface area contributed by atoms with E-state index in [9.17, 15) is 0 Å². The summed E-state index contributed by atoms with van der Waals surface area (Å²) in [6.07, 6.45) is 1.95. The zero-order valence-corrected chi connectivity index (χ0v) is 41.7. The molecule has 0 saturated carbocycles. The van der Waals surface area contributed by atoms with Crippen LogP contribution in [-0.2, 0) is 30.3 Å². The molecule has 0 radical (unpaired) electrons. The van der Waals surface area contributed by atoms with Gasteiger partial charge in [0.25, 0.3) is 0 Å². The molecule has 11 aromatic rings. The van der Waals surface area contributed by atoms with Gasteiger partial charge in [0.2, 0.25) is 0 Å². The fraction of sp³-hybridized carbons (Fsp3) is 0.242. The molecule has 0 atom stereocenters. The molecular weight excluding hydrogens is 845 g/mol. The van der Waals surface area contributed by atoms with Crippen molar-refractivity contribution >= 4 is 88.2 Å². The number of hydrogen-bond acceptors (Lipinski definition) is 4. The quantitative estimate of drug-likeness (QED) is 0.173. The largest absolute Gasteiger partial charge is 0.457 e. The van der Waals surface area contributed by atoms with Crippen LogP contribution < -0.4 is 14.5 Å². The molecule has 0 bridgehead atoms. The Bertz CT molecular complexity index is 3800. The molecule has 4 aromatic heterocycles. The molecule has 1 aliphatic rings. The Kier molecular flexibility index (Phi) is 9.30. The van der Waals surface area contributed by atoms with Gasteiger partial charge in [0.1, 0.15) is 24.0 Å². The molecular formula is C62H60N6O. The fourth-order valence-electron chi connectivity index (χ4n) is 11.0. The minimum Gasteiger partial charge on any atom is -0.457 e. The Hall–Kier alpha value is -7.51. The van der Waals surface area contributed by atoms with Crippen LogP contribution in [0.25, 0.3) is 71.2 Å². The number of nitrogens with zero attached hydrogens (tertiary/aromatic N) is 6. The average molecular weight is 905 g/mol. The third-order valence-corrected chi connectivity index (χ3v) is 14.8. The second-order valence-corrected chi connectivity index (χ2v) is 22.4. The van der Waals surface area contributed by atoms with Crippen molar-refractivity contribution in [2.75, 3.05) is 16.5 Å². The standard InChI is InChI=1S/C62H60N6O/c1-60(2,3)38-24-27-52-47(32-38)46-26-25-42(35-55(46)68(52)56-33-39(28-29-63-56)61(4,5)6)69-43-31-40(62(7,8)9)30-41(34-43)66-37-67(54-23-17-16-22-53(54)66)59-57-48(44-18-12-14-20-50(44)64(57)10)36-49-45-19-13-15-21-51(45)65(11)58(49)59/h12-36H,37H2,1-11H3. The number of aryl methyl sites for hydroxylation is 2. The van der Waals surface area contributed by atoms with Crippen LogP contribution in [0, 0.1) is 0 Å². The van der Waals surface area contributed by atoms with Crippen LogP contribution in [0.5, 0.6) is 11.5 Å². The van der Waals surface area contributed by atoms with Crippen molar-refractivity contribution in [3.05, 3.63) is 168 Å². The number of pyridine rings is 1. The van der Waals surface area contributed by atoms with E-state index in [0.29, 0.717) is 6.67 Å². The first-order valence-electron chi connectivity index (χ1n) is 24.3. The molecule has 0 fully saturated rings. The highest BCUT2D eigenvalue weighted by molar-refractivity contribution is 6.25. The van der Waals surface area contributed by atoms with Crippen LogP contribution in [0.15, 0.2) is 152 Å². The molecule has 69 heavy (non-hydrogen) atoms. The summed E-state index contributed by atoms with van der Waals surface area (Å²) in [5.74, 6) is 2.47. The van der Waals surface area contributed by atoms with Crippen LogP contribution in [0.4, 0.5) is 22.7 Å². The van der Waals surface area contributed by atoms with Crippen molar-refractivity contribution in [1.82, 2.24) is 18.7 Å². The number of rotatable bonds is 5. The lowest BCUT2D eigenvalue weighted by molar-refractivity contribution is 0.479. The van der Waals surface area contributed by atoms with Crippen LogP contribution in [0.3, 0.4) is 0 Å². The van der Waals surface area contributed by atoms with Gasteiger partial charge in [-0.3, -0.25) is 4.57 Å². The van der Waals surface area contributed by atoms with Gasteiger partial charge >= 0.3 is 0 Å². The molecule has 5 heterocycles. The Balaban J connectivity index is 1.01. The Labute approximate surface area is 404 Å². The lowest BCUT2D eigenvalue weighted by Crippen LogP contribution is -2.25. The Morgan fingerprint density at radius 3 is 1.65 bits per heavy atom. The van der Waals surface area contributed by atoms with Crippen LogP contribution in [-0.4, -0.2) is 25.4 Å². The predicted octanol–water partition coefficient (Wildman–Crippen LogP) is 16.4. The summed E-state index contributed by atoms with van der Waals surface area (Å²) in [5, 5.41) is 7.43. The van der Waals surface area contributed by atoms with Gasteiger partial charge in [0.05, 0.1) is 39.1 Å². The van der Waals surface area contributed by atoms with Crippen molar-refractivity contribution < 1.29 is 4.74 Å². The number of ether oxygens (including phenoxy) is 1. The maximum absolute atomic E-state index is 7.10. The van der Waals surface area contributed by atoms with Gasteiger partial charge in [-0.15, -0.1) is 0 Å². The zero-order chi connectivity index (χ0) is 47.9. The van der Waals surface area contributed by atoms with E-state index in [1.165, 1.54) is 82.4 Å². The summed E-state index contributed by atoms with van der Waals surface area (Å²) in [4.78, 5) is 10.0. The molecule has 7 heteroatoms. The Morgan fingerprint density at radius 1 is 0.435 bits per heavy atom. The summed E-state index contributed by atoms with van der Waals surface area (Å²) in [7, 11) is 4.44. The van der Waals surface area contributed by atoms with Crippen LogP contribution in [0.2, 0.25) is 0 Å². The molecule has 0 N–H and O–H groups in total. The molecule has 0 amide bonds. The van der Waals surface area contributed by atoms with Gasteiger partial charge in [-0.1, -0.05) is 117 Å². The highest BCUT2D eigenvalue weighted by Crippen LogP contribution is 2.52. The molecule has 12 rings (SSSR count). The predicted molar refractivity (Wildman–Crippen MR) is 291 cm³/mol. The average Bonchev–Trinajstić information content (AvgIpc) is 4.04. The van der Waals surface area contributed by atoms with E-state index in [1.807, 2.05) is 6.20 Å². The first-order chi connectivity index (χ1) is 32.9. The number of anilines is 4. The lowest BCUT2D eigenvalue weighted by atomic mass is 9.86. The minimum atomic E-state index is -0.151. The third-order valence-electron chi connectivity index (χ3n) is 14.8. The van der Waals surface area contributed by atoms with E-state index in [4.69, 9.17) is 9.72 Å². The summed E-state index contributed by atoms with van der Waals surface area (Å²) < 4.78 is 14.2. The topological polar surface area (TPSA) is 43.4 Å². The van der Waals surface area contributed by atoms with Crippen molar-refractivity contribution in [2.45, 2.75) is 78.6 Å². The number of fused-ring (bicyclic) bond motifs is 10. The van der Waals surface area contributed by atoms with E-state index < -0.39 is 0 Å². The number of benzene rings is 7. The lowest BCUT2D eigenvalue weighted by Gasteiger charge is -2.27. The van der Waals surface area contributed by atoms with Crippen molar-refractivity contribution in [2.24, 2.45) is 14.1 Å². The summed E-state index contributed by atoms with van der Waals surface area (Å²) >= 11 is 0. The van der Waals surface area contributed by atoms with Crippen LogP contribution >= 0.6 is 0 Å². The third kappa shape index (κ3) is 6.72. The normalized spacial score (nSPS) is 13.6. The SMILES string of the molecule is Cn1c2ccccc2c2cc3c4ccccc4n(C)c3c(N3CN(c4cc(Oc5ccc6c7cc(C(C)(C)C)ccc7n(-c7cc(C(C)(C)C)ccn7)c6c5)cc(C(C)(C)C)c4)c4ccccc43)c21. The number of aromatic nitrogens is 4. The van der Waals surface area contributed by atoms with Crippen molar-refractivity contribution in [3.8, 4) is 17.3 Å². The molecule has 344 valence electrons. The van der Waals surface area contributed by atoms with Gasteiger partial charge in [0, 0.05) is 81.5 Å². The van der Waals surface area contributed by atoms with Gasteiger partial charge in [0.15, 0.2) is 0 Å². The Morgan fingerprint density at radius 2 is 1.01 bits per heavy atom. The molecule has 7 aromatic carbocycles. The van der Waals surface area contributed by atoms with Gasteiger partial charge < -0.3 is 23.7 Å². The molecule has 1 aliphatic heterocycles. The molecule has 0 spiro atoms. The van der Waals surface area contributed by atoms with Crippen molar-refractivity contribution in [1.29, 1.82) is 0 Å². The summed E-state index contributed by atoms with van der Waals surface area (Å²) in [6, 6.07) is 53.6. The highest BCUT2D eigenvalue weighted by atomic mass is 16.5. The zero-order valence-electron chi connectivity index (χ0n) is 41.7. The van der Waals surface area contributed by atoms with E-state index in [0.717, 1.165) is 39.7 Å². The first-order valence-corrected chi connectivity index (χ1v) is 24.3. The van der Waals surface area contributed by atoms with E-state index in [2.05, 4.69) is 246 Å². The van der Waals surface area contributed by atoms with Crippen LogP contribution in [0.1, 0.15) is 79.0 Å². The monoisotopic (exact) mass is 904 g/mol. The second kappa shape index (κ2) is 15.0. The van der Waals surface area contributed by atoms with Crippen molar-refractivity contribution in [3.63, 3.8) is 0 Å². The van der Waals surface area contributed by atoms with E-state index in [-0.39, 0.29) is 16.2 Å². The molecule has 7 nitrogen and oxygen atoms in total. The van der Waals surface area contributed by atoms with Gasteiger partial charge in [-0.2, -0.15) is 0 Å². The van der Waals surface area contributed by atoms with E-state index >= 15 is 0 Å². The fourth-order valence-corrected chi connectivity index (χ4v) is 11.0. The van der Waals surface area contributed by atoms with E-state index in [1.54, 1.807) is 0 Å². The van der Waals surface area contributed by atoms with Gasteiger partial charge in [-0.05, 0) is 112 Å². The highest BCUT2D eigenvalue weighted by Gasteiger charge is 2.34. The second-order valence-electron chi connectivity index (χ2n) is 22.4. The number of para-hydroxylation sites is 4. The minimum absolute atomic E-state index is 0.00427. The molecule has 0 aliphatic carbocycles. The maximum atomic E-state index is 7.10.